The van der Waals surface area contributed by atoms with Crippen molar-refractivity contribution in [2.75, 3.05) is 20.2 Å². The van der Waals surface area contributed by atoms with Gasteiger partial charge in [-0.25, -0.2) is 4.39 Å². The molecule has 1 atom stereocenters. The number of thiophene rings is 1. The van der Waals surface area contributed by atoms with E-state index in [0.717, 1.165) is 11.2 Å². The van der Waals surface area contributed by atoms with E-state index in [1.807, 2.05) is 19.9 Å². The Morgan fingerprint density at radius 2 is 2.17 bits per heavy atom. The molecule has 0 bridgehead atoms. The topological polar surface area (TPSA) is 50.4 Å². The predicted molar refractivity (Wildman–Crippen MR) is 95.2 cm³/mol. The van der Waals surface area contributed by atoms with E-state index in [-0.39, 0.29) is 36.8 Å². The van der Waals surface area contributed by atoms with Crippen LogP contribution in [0.3, 0.4) is 0 Å². The molecule has 1 heterocycles. The molecule has 1 aromatic carbocycles. The second-order valence-electron chi connectivity index (χ2n) is 5.12. The van der Waals surface area contributed by atoms with Crippen LogP contribution in [0.2, 0.25) is 0 Å². The molecular formula is C16H22ClFN2O2S. The summed E-state index contributed by atoms with van der Waals surface area (Å²) >= 11 is 1.30. The monoisotopic (exact) mass is 360 g/mol. The summed E-state index contributed by atoms with van der Waals surface area (Å²) in [6, 6.07) is 5.06. The third-order valence-corrected chi connectivity index (χ3v) is 4.58. The number of ether oxygens (including phenoxy) is 1. The number of fused-ring (bicyclic) bond motifs is 1. The van der Waals surface area contributed by atoms with Crippen molar-refractivity contribution < 1.29 is 13.9 Å². The minimum Gasteiger partial charge on any atom is -0.380 e. The minimum absolute atomic E-state index is 0. The van der Waals surface area contributed by atoms with Crippen molar-refractivity contribution >= 4 is 39.7 Å². The molecule has 0 aliphatic heterocycles. The van der Waals surface area contributed by atoms with Gasteiger partial charge in [0.05, 0.1) is 11.5 Å². The van der Waals surface area contributed by atoms with Gasteiger partial charge in [-0.05, 0) is 25.6 Å². The standard InChI is InChI=1S/C16H21FN2O2S.ClH/c1-4-18-10(2)8-19-16(20)15-11(9-21-3)14-12(17)6-5-7-13(14)22-15;/h5-7,10,18H,4,8-9H2,1-3H3,(H,19,20);1H/t10-;/m1./s1. The Kier molecular flexibility index (Phi) is 7.91. The largest absolute Gasteiger partial charge is 0.380 e. The van der Waals surface area contributed by atoms with Crippen molar-refractivity contribution in [3.05, 3.63) is 34.5 Å². The van der Waals surface area contributed by atoms with Gasteiger partial charge in [0.25, 0.3) is 5.91 Å². The van der Waals surface area contributed by atoms with Gasteiger partial charge in [-0.2, -0.15) is 0 Å². The molecule has 0 radical (unpaired) electrons. The van der Waals surface area contributed by atoms with E-state index >= 15 is 0 Å². The summed E-state index contributed by atoms with van der Waals surface area (Å²) in [7, 11) is 1.54. The fraction of sp³-hybridized carbons (Fsp3) is 0.438. The maximum atomic E-state index is 14.1. The van der Waals surface area contributed by atoms with E-state index in [4.69, 9.17) is 4.74 Å². The lowest BCUT2D eigenvalue weighted by Crippen LogP contribution is -2.38. The SMILES string of the molecule is CCN[C@H](C)CNC(=O)c1sc2cccc(F)c2c1COC.Cl. The molecule has 7 heteroatoms. The number of halogens is 2. The van der Waals surface area contributed by atoms with E-state index < -0.39 is 0 Å². The first-order chi connectivity index (χ1) is 10.6. The molecule has 0 saturated heterocycles. The summed E-state index contributed by atoms with van der Waals surface area (Å²) in [6.07, 6.45) is 0. The van der Waals surface area contributed by atoms with E-state index in [0.29, 0.717) is 22.4 Å². The summed E-state index contributed by atoms with van der Waals surface area (Å²) in [5, 5.41) is 6.61. The third-order valence-electron chi connectivity index (χ3n) is 3.38. The summed E-state index contributed by atoms with van der Waals surface area (Å²) < 4.78 is 20.0. The smallest absolute Gasteiger partial charge is 0.261 e. The van der Waals surface area contributed by atoms with Crippen molar-refractivity contribution in [2.24, 2.45) is 0 Å². The maximum Gasteiger partial charge on any atom is 0.261 e. The van der Waals surface area contributed by atoms with Crippen molar-refractivity contribution in [3.63, 3.8) is 0 Å². The third kappa shape index (κ3) is 4.64. The van der Waals surface area contributed by atoms with Crippen LogP contribution in [-0.4, -0.2) is 32.1 Å². The summed E-state index contributed by atoms with van der Waals surface area (Å²) in [6.45, 7) is 5.61. The van der Waals surface area contributed by atoms with Gasteiger partial charge in [0, 0.05) is 35.3 Å². The lowest BCUT2D eigenvalue weighted by molar-refractivity contribution is 0.0950. The summed E-state index contributed by atoms with van der Waals surface area (Å²) in [4.78, 5) is 12.9. The second-order valence-corrected chi connectivity index (χ2v) is 6.18. The highest BCUT2D eigenvalue weighted by molar-refractivity contribution is 7.21. The Hall–Kier alpha value is -1.21. The van der Waals surface area contributed by atoms with Gasteiger partial charge < -0.3 is 15.4 Å². The van der Waals surface area contributed by atoms with Gasteiger partial charge >= 0.3 is 0 Å². The van der Waals surface area contributed by atoms with Crippen LogP contribution < -0.4 is 10.6 Å². The fourth-order valence-electron chi connectivity index (χ4n) is 2.38. The first kappa shape index (κ1) is 19.8. The second kappa shape index (κ2) is 9.17. The van der Waals surface area contributed by atoms with Gasteiger partial charge in [0.15, 0.2) is 0 Å². The lowest BCUT2D eigenvalue weighted by atomic mass is 10.1. The molecular weight excluding hydrogens is 339 g/mol. The summed E-state index contributed by atoms with van der Waals surface area (Å²) in [5.74, 6) is -0.502. The number of carbonyl (C=O) groups is 1. The number of rotatable bonds is 7. The Morgan fingerprint density at radius 3 is 2.83 bits per heavy atom. The number of amides is 1. The number of nitrogens with one attached hydrogen (secondary N) is 2. The Morgan fingerprint density at radius 1 is 1.43 bits per heavy atom. The molecule has 2 N–H and O–H groups in total. The number of hydrogen-bond donors (Lipinski definition) is 2. The van der Waals surface area contributed by atoms with Crippen LogP contribution in [0.25, 0.3) is 10.1 Å². The van der Waals surface area contributed by atoms with Crippen LogP contribution in [0.1, 0.15) is 29.1 Å². The van der Waals surface area contributed by atoms with Crippen LogP contribution in [-0.2, 0) is 11.3 Å². The zero-order valence-electron chi connectivity index (χ0n) is 13.4. The van der Waals surface area contributed by atoms with E-state index in [1.165, 1.54) is 17.4 Å². The van der Waals surface area contributed by atoms with Gasteiger partial charge in [0.2, 0.25) is 0 Å². The summed E-state index contributed by atoms with van der Waals surface area (Å²) in [5.41, 5.74) is 0.620. The molecule has 23 heavy (non-hydrogen) atoms. The van der Waals surface area contributed by atoms with Gasteiger partial charge in [-0.3, -0.25) is 4.79 Å². The van der Waals surface area contributed by atoms with Crippen molar-refractivity contribution in [1.29, 1.82) is 0 Å². The van der Waals surface area contributed by atoms with Gasteiger partial charge in [-0.15, -0.1) is 23.7 Å². The number of benzene rings is 1. The molecule has 128 valence electrons. The molecule has 0 saturated carbocycles. The van der Waals surface area contributed by atoms with E-state index in [9.17, 15) is 9.18 Å². The average Bonchev–Trinajstić information content (AvgIpc) is 2.86. The molecule has 0 spiro atoms. The molecule has 1 aromatic heterocycles. The highest BCUT2D eigenvalue weighted by Gasteiger charge is 2.20. The Labute approximate surface area is 145 Å². The molecule has 2 aromatic rings. The van der Waals surface area contributed by atoms with Crippen molar-refractivity contribution in [1.82, 2.24) is 10.6 Å². The van der Waals surface area contributed by atoms with E-state index in [1.54, 1.807) is 13.2 Å². The van der Waals surface area contributed by atoms with Crippen LogP contribution in [0.4, 0.5) is 4.39 Å². The highest BCUT2D eigenvalue weighted by Crippen LogP contribution is 2.33. The van der Waals surface area contributed by atoms with E-state index in [2.05, 4.69) is 10.6 Å². The molecule has 0 fully saturated rings. The zero-order chi connectivity index (χ0) is 16.1. The molecule has 4 nitrogen and oxygen atoms in total. The molecule has 2 rings (SSSR count). The number of methoxy groups -OCH3 is 1. The molecule has 0 aliphatic rings. The van der Waals surface area contributed by atoms with Crippen molar-refractivity contribution in [3.8, 4) is 0 Å². The number of likely N-dealkylation sites (N-methyl/N-ethyl adjacent to an activating group) is 1. The van der Waals surface area contributed by atoms with Crippen molar-refractivity contribution in [2.45, 2.75) is 26.5 Å². The first-order valence-electron chi connectivity index (χ1n) is 7.28. The number of hydrogen-bond acceptors (Lipinski definition) is 4. The minimum atomic E-state index is -0.319. The number of carbonyl (C=O) groups excluding carboxylic acids is 1. The highest BCUT2D eigenvalue weighted by atomic mass is 35.5. The average molecular weight is 361 g/mol. The lowest BCUT2D eigenvalue weighted by Gasteiger charge is -2.13. The zero-order valence-corrected chi connectivity index (χ0v) is 15.1. The molecule has 1 amide bonds. The fourth-order valence-corrected chi connectivity index (χ4v) is 3.52. The van der Waals surface area contributed by atoms with Crippen LogP contribution in [0.15, 0.2) is 18.2 Å². The molecule has 0 unspecified atom stereocenters. The van der Waals surface area contributed by atoms with Gasteiger partial charge in [-0.1, -0.05) is 13.0 Å². The Bertz CT molecular complexity index is 663. The normalized spacial score (nSPS) is 12.0. The van der Waals surface area contributed by atoms with Crippen LogP contribution >= 0.6 is 23.7 Å². The quantitative estimate of drug-likeness (QED) is 0.796. The first-order valence-corrected chi connectivity index (χ1v) is 8.10. The maximum absolute atomic E-state index is 14.1. The Balaban J connectivity index is 0.00000264. The van der Waals surface area contributed by atoms with Crippen LogP contribution in [0, 0.1) is 5.82 Å². The van der Waals surface area contributed by atoms with Crippen LogP contribution in [0.5, 0.6) is 0 Å². The molecule has 0 aliphatic carbocycles. The van der Waals surface area contributed by atoms with Gasteiger partial charge in [0.1, 0.15) is 5.82 Å². The predicted octanol–water partition coefficient (Wildman–Crippen LogP) is 3.34.